The van der Waals surface area contributed by atoms with Gasteiger partial charge in [0.15, 0.2) is 5.78 Å². The van der Waals surface area contributed by atoms with Gasteiger partial charge in [0.1, 0.15) is 5.78 Å². The van der Waals surface area contributed by atoms with E-state index < -0.39 is 5.97 Å². The largest absolute Gasteiger partial charge is 0.481 e. The van der Waals surface area contributed by atoms with E-state index >= 15 is 0 Å². The SMILES string of the molecule is CC1CC(=O)C(CC(=O)O)=C2CC3(C)C4=CCC5C(C)(C)C(=O)CCC5(C)C4CCC3(C)C21. The monoisotopic (exact) mass is 452 g/mol. The third-order valence-corrected chi connectivity index (χ3v) is 11.6. The number of hydrogen-bond acceptors (Lipinski definition) is 3. The third kappa shape index (κ3) is 2.79. The van der Waals surface area contributed by atoms with Crippen molar-refractivity contribution in [1.82, 2.24) is 0 Å². The quantitative estimate of drug-likeness (QED) is 0.510. The first-order valence-corrected chi connectivity index (χ1v) is 13.0. The summed E-state index contributed by atoms with van der Waals surface area (Å²) in [5.41, 5.74) is 3.13. The fraction of sp³-hybridized carbons (Fsp3) is 0.759. The van der Waals surface area contributed by atoms with Crippen molar-refractivity contribution in [2.45, 2.75) is 92.9 Å². The standard InChI is InChI=1S/C29H40O4/c1-16-13-21(30)17(14-24(32)33)18-15-29(6)20-7-8-22-26(2,3)23(31)10-11-27(22,4)19(20)9-12-28(29,5)25(16)18/h7,16,19,22,25H,8-15H2,1-6H3,(H,32,33). The number of hydrogen-bond donors (Lipinski definition) is 1. The molecular weight excluding hydrogens is 412 g/mol. The van der Waals surface area contributed by atoms with Crippen molar-refractivity contribution in [3.05, 3.63) is 22.8 Å². The Hall–Kier alpha value is -1.71. The zero-order valence-corrected chi connectivity index (χ0v) is 21.2. The molecule has 0 aromatic heterocycles. The number of carbonyl (C=O) groups is 3. The van der Waals surface area contributed by atoms with Gasteiger partial charge in [0.05, 0.1) is 6.42 Å². The van der Waals surface area contributed by atoms with Crippen LogP contribution < -0.4 is 0 Å². The highest BCUT2D eigenvalue weighted by Gasteiger charge is 2.67. The van der Waals surface area contributed by atoms with Crippen LogP contribution in [-0.4, -0.2) is 22.6 Å². The van der Waals surface area contributed by atoms with Crippen molar-refractivity contribution in [3.63, 3.8) is 0 Å². The van der Waals surface area contributed by atoms with Crippen LogP contribution in [0.1, 0.15) is 92.9 Å². The zero-order chi connectivity index (χ0) is 24.1. The van der Waals surface area contributed by atoms with Crippen molar-refractivity contribution in [1.29, 1.82) is 0 Å². The number of aliphatic carboxylic acids is 1. The van der Waals surface area contributed by atoms with Crippen LogP contribution in [0.4, 0.5) is 0 Å². The highest BCUT2D eigenvalue weighted by molar-refractivity contribution is 6.01. The molecule has 0 aromatic rings. The summed E-state index contributed by atoms with van der Waals surface area (Å²) in [5.74, 6) is 0.949. The molecule has 180 valence electrons. The third-order valence-electron chi connectivity index (χ3n) is 11.6. The predicted octanol–water partition coefficient (Wildman–Crippen LogP) is 6.15. The Labute approximate surface area is 198 Å². The lowest BCUT2D eigenvalue weighted by Crippen LogP contribution is -2.57. The highest BCUT2D eigenvalue weighted by Crippen LogP contribution is 2.75. The second-order valence-corrected chi connectivity index (χ2v) is 13.3. The van der Waals surface area contributed by atoms with Crippen molar-refractivity contribution in [3.8, 4) is 0 Å². The average Bonchev–Trinajstić information content (AvgIpc) is 2.96. The molecule has 0 saturated heterocycles. The Morgan fingerprint density at radius 1 is 1.12 bits per heavy atom. The van der Waals surface area contributed by atoms with E-state index in [1.807, 2.05) is 0 Å². The molecule has 1 N–H and O–H groups in total. The van der Waals surface area contributed by atoms with E-state index in [2.05, 4.69) is 47.6 Å². The van der Waals surface area contributed by atoms with E-state index in [1.54, 1.807) is 5.57 Å². The van der Waals surface area contributed by atoms with Gasteiger partial charge in [-0.15, -0.1) is 0 Å². The van der Waals surface area contributed by atoms with Gasteiger partial charge in [0.2, 0.25) is 0 Å². The summed E-state index contributed by atoms with van der Waals surface area (Å²) in [5, 5.41) is 9.55. The number of Topliss-reactive ketones (excluding diaryl/α,β-unsaturated/α-hetero) is 2. The Balaban J connectivity index is 1.63. The molecule has 0 amide bonds. The van der Waals surface area contributed by atoms with Crippen molar-refractivity contribution < 1.29 is 19.5 Å². The summed E-state index contributed by atoms with van der Waals surface area (Å²) >= 11 is 0. The maximum absolute atomic E-state index is 13.0. The van der Waals surface area contributed by atoms with Gasteiger partial charge in [-0.1, -0.05) is 58.8 Å². The lowest BCUT2D eigenvalue weighted by molar-refractivity contribution is -0.146. The zero-order valence-electron chi connectivity index (χ0n) is 21.2. The molecular formula is C29H40O4. The summed E-state index contributed by atoms with van der Waals surface area (Å²) in [4.78, 5) is 37.4. The Kier molecular flexibility index (Phi) is 4.83. The van der Waals surface area contributed by atoms with Crippen molar-refractivity contribution >= 4 is 17.5 Å². The maximum atomic E-state index is 13.0. The topological polar surface area (TPSA) is 71.4 Å². The minimum Gasteiger partial charge on any atom is -0.481 e. The van der Waals surface area contributed by atoms with Gasteiger partial charge < -0.3 is 5.11 Å². The van der Waals surface area contributed by atoms with Gasteiger partial charge in [-0.3, -0.25) is 14.4 Å². The number of carboxylic acids is 1. The molecule has 7 unspecified atom stereocenters. The first-order valence-electron chi connectivity index (χ1n) is 13.0. The van der Waals surface area contributed by atoms with Gasteiger partial charge in [-0.2, -0.15) is 0 Å². The second kappa shape index (κ2) is 6.92. The molecule has 4 nitrogen and oxygen atoms in total. The van der Waals surface area contributed by atoms with Crippen LogP contribution in [0, 0.1) is 45.3 Å². The summed E-state index contributed by atoms with van der Waals surface area (Å²) in [6, 6.07) is 0. The van der Waals surface area contributed by atoms with Crippen LogP contribution in [0.5, 0.6) is 0 Å². The first-order chi connectivity index (χ1) is 15.3. The fourth-order valence-corrected chi connectivity index (χ4v) is 9.79. The first kappa shape index (κ1) is 23.1. The van der Waals surface area contributed by atoms with Crippen LogP contribution in [0.3, 0.4) is 0 Å². The molecule has 3 fully saturated rings. The van der Waals surface area contributed by atoms with E-state index in [-0.39, 0.29) is 45.7 Å². The smallest absolute Gasteiger partial charge is 0.307 e. The predicted molar refractivity (Wildman–Crippen MR) is 127 cm³/mol. The van der Waals surface area contributed by atoms with Crippen LogP contribution in [0.15, 0.2) is 22.8 Å². The number of carbonyl (C=O) groups excluding carboxylic acids is 2. The van der Waals surface area contributed by atoms with E-state index in [0.717, 1.165) is 37.7 Å². The number of allylic oxidation sites excluding steroid dienone is 3. The minimum absolute atomic E-state index is 0.0394. The molecule has 7 atom stereocenters. The van der Waals surface area contributed by atoms with Gasteiger partial charge in [-0.05, 0) is 72.0 Å². The Bertz CT molecular complexity index is 1010. The number of fused-ring (bicyclic) bond motifs is 7. The van der Waals surface area contributed by atoms with E-state index in [1.165, 1.54) is 0 Å². The number of carboxylic acid groups (broad SMARTS) is 1. The maximum Gasteiger partial charge on any atom is 0.307 e. The van der Waals surface area contributed by atoms with Gasteiger partial charge in [0, 0.05) is 23.8 Å². The average molecular weight is 453 g/mol. The Morgan fingerprint density at radius 3 is 2.48 bits per heavy atom. The normalized spacial score (nSPS) is 46.2. The van der Waals surface area contributed by atoms with Crippen LogP contribution in [0.25, 0.3) is 0 Å². The molecule has 3 saturated carbocycles. The molecule has 0 aliphatic heterocycles. The van der Waals surface area contributed by atoms with E-state index in [4.69, 9.17) is 0 Å². The molecule has 33 heavy (non-hydrogen) atoms. The molecule has 0 radical (unpaired) electrons. The van der Waals surface area contributed by atoms with Gasteiger partial charge >= 0.3 is 5.97 Å². The number of ketones is 2. The summed E-state index contributed by atoms with van der Waals surface area (Å²) in [6.45, 7) is 13.8. The molecule has 0 aromatic carbocycles. The molecule has 4 heteroatoms. The van der Waals surface area contributed by atoms with Gasteiger partial charge in [-0.25, -0.2) is 0 Å². The van der Waals surface area contributed by atoms with E-state index in [0.29, 0.717) is 36.0 Å². The van der Waals surface area contributed by atoms with Crippen molar-refractivity contribution in [2.24, 2.45) is 45.3 Å². The van der Waals surface area contributed by atoms with Crippen LogP contribution >= 0.6 is 0 Å². The Morgan fingerprint density at radius 2 is 1.82 bits per heavy atom. The summed E-state index contributed by atoms with van der Waals surface area (Å²) in [7, 11) is 0. The fourth-order valence-electron chi connectivity index (χ4n) is 9.79. The molecule has 5 aliphatic carbocycles. The second-order valence-electron chi connectivity index (χ2n) is 13.3. The lowest BCUT2D eigenvalue weighted by Gasteiger charge is -2.63. The van der Waals surface area contributed by atoms with Crippen LogP contribution in [-0.2, 0) is 14.4 Å². The lowest BCUT2D eigenvalue weighted by atomic mass is 9.41. The molecule has 5 aliphatic rings. The molecule has 0 heterocycles. The number of rotatable bonds is 2. The van der Waals surface area contributed by atoms with Gasteiger partial charge in [0.25, 0.3) is 0 Å². The molecule has 5 rings (SSSR count). The summed E-state index contributed by atoms with van der Waals surface area (Å²) < 4.78 is 0. The van der Waals surface area contributed by atoms with Crippen molar-refractivity contribution in [2.75, 3.05) is 0 Å². The van der Waals surface area contributed by atoms with Crippen LogP contribution in [0.2, 0.25) is 0 Å². The summed E-state index contributed by atoms with van der Waals surface area (Å²) in [6.07, 6.45) is 8.48. The molecule has 0 spiro atoms. The minimum atomic E-state index is -0.899. The van der Waals surface area contributed by atoms with E-state index in [9.17, 15) is 19.5 Å². The molecule has 0 bridgehead atoms. The highest BCUT2D eigenvalue weighted by atomic mass is 16.4.